The number of ketones is 1. The van der Waals surface area contributed by atoms with Gasteiger partial charge in [-0.15, -0.1) is 11.8 Å². The number of carbonyl (C=O) groups excluding carboxylic acids is 1. The smallest absolute Gasteiger partial charge is 0.146 e. The molecule has 0 saturated carbocycles. The Balaban J connectivity index is 2.52. The van der Waals surface area contributed by atoms with E-state index in [2.05, 4.69) is 6.92 Å². The van der Waals surface area contributed by atoms with E-state index < -0.39 is 0 Å². The Morgan fingerprint density at radius 2 is 2.00 bits per heavy atom. The minimum absolute atomic E-state index is 0.291. The summed E-state index contributed by atoms with van der Waals surface area (Å²) in [4.78, 5) is 11.5. The first kappa shape index (κ1) is 10.5. The maximum absolute atomic E-state index is 11.5. The molecule has 0 N–H and O–H groups in total. The van der Waals surface area contributed by atoms with Gasteiger partial charge in [0.05, 0.1) is 5.25 Å². The topological polar surface area (TPSA) is 17.1 Å². The Hall–Kier alpha value is 0.370. The van der Waals surface area contributed by atoms with Crippen molar-refractivity contribution in [1.29, 1.82) is 0 Å². The molecule has 0 aromatic heterocycles. The maximum atomic E-state index is 11.5. The predicted octanol–water partition coefficient (Wildman–Crippen LogP) is 2.59. The highest BCUT2D eigenvalue weighted by molar-refractivity contribution is 8.07. The van der Waals surface area contributed by atoms with Gasteiger partial charge < -0.3 is 0 Å². The van der Waals surface area contributed by atoms with Gasteiger partial charge >= 0.3 is 0 Å². The van der Waals surface area contributed by atoms with Gasteiger partial charge in [-0.05, 0) is 6.42 Å². The second-order valence-electron chi connectivity index (χ2n) is 2.93. The van der Waals surface area contributed by atoms with E-state index in [1.54, 1.807) is 0 Å². The Morgan fingerprint density at radius 1 is 1.33 bits per heavy atom. The molecule has 0 aliphatic carbocycles. The number of hydrogen-bond donors (Lipinski definition) is 0. The van der Waals surface area contributed by atoms with Crippen LogP contribution in [-0.4, -0.2) is 27.8 Å². The molecular formula is C9H16OS2. The van der Waals surface area contributed by atoms with Crippen LogP contribution in [0.5, 0.6) is 0 Å². The molecule has 0 spiro atoms. The van der Waals surface area contributed by atoms with Crippen LogP contribution in [0.1, 0.15) is 26.7 Å². The molecule has 1 nitrogen and oxygen atoms in total. The van der Waals surface area contributed by atoms with Gasteiger partial charge in [0.25, 0.3) is 0 Å². The summed E-state index contributed by atoms with van der Waals surface area (Å²) in [6, 6.07) is 0. The fraction of sp³-hybridized carbons (Fsp3) is 0.889. The van der Waals surface area contributed by atoms with E-state index in [9.17, 15) is 4.79 Å². The Morgan fingerprint density at radius 3 is 2.58 bits per heavy atom. The van der Waals surface area contributed by atoms with Crippen molar-refractivity contribution in [3.8, 4) is 0 Å². The zero-order chi connectivity index (χ0) is 8.97. The third-order valence-electron chi connectivity index (χ3n) is 2.12. The molecule has 70 valence electrons. The zero-order valence-corrected chi connectivity index (χ0v) is 9.34. The fourth-order valence-electron chi connectivity index (χ4n) is 1.40. The summed E-state index contributed by atoms with van der Waals surface area (Å²) in [7, 11) is 0. The molecule has 1 rings (SSSR count). The van der Waals surface area contributed by atoms with Crippen LogP contribution >= 0.6 is 23.5 Å². The van der Waals surface area contributed by atoms with Gasteiger partial charge in [-0.2, -0.15) is 11.8 Å². The highest BCUT2D eigenvalue weighted by Crippen LogP contribution is 2.34. The lowest BCUT2D eigenvalue weighted by Crippen LogP contribution is -2.32. The van der Waals surface area contributed by atoms with Gasteiger partial charge in [-0.1, -0.05) is 13.8 Å². The van der Waals surface area contributed by atoms with Gasteiger partial charge in [0.2, 0.25) is 0 Å². The first-order valence-corrected chi connectivity index (χ1v) is 6.65. The van der Waals surface area contributed by atoms with Crippen molar-refractivity contribution in [3.05, 3.63) is 0 Å². The molecule has 3 heteroatoms. The SMILES string of the molecule is CCC(=O)C1SCCSC1CC. The zero-order valence-electron chi connectivity index (χ0n) is 7.71. The van der Waals surface area contributed by atoms with Crippen molar-refractivity contribution in [1.82, 2.24) is 0 Å². The largest absolute Gasteiger partial charge is 0.298 e. The Labute approximate surface area is 83.1 Å². The van der Waals surface area contributed by atoms with Gasteiger partial charge in [-0.25, -0.2) is 0 Å². The number of carbonyl (C=O) groups is 1. The maximum Gasteiger partial charge on any atom is 0.146 e. The molecule has 0 amide bonds. The summed E-state index contributed by atoms with van der Waals surface area (Å²) in [5.74, 6) is 2.81. The summed E-state index contributed by atoms with van der Waals surface area (Å²) >= 11 is 3.83. The standard InChI is InChI=1S/C9H16OS2/c1-3-7(10)9-8(4-2)11-5-6-12-9/h8-9H,3-6H2,1-2H3. The molecule has 12 heavy (non-hydrogen) atoms. The first-order valence-electron chi connectivity index (χ1n) is 4.55. The molecule has 1 fully saturated rings. The molecule has 2 atom stereocenters. The average Bonchev–Trinajstić information content (AvgIpc) is 2.16. The van der Waals surface area contributed by atoms with Crippen LogP contribution in [0.25, 0.3) is 0 Å². The summed E-state index contributed by atoms with van der Waals surface area (Å²) in [5.41, 5.74) is 0. The van der Waals surface area contributed by atoms with Gasteiger partial charge in [0.15, 0.2) is 0 Å². The van der Waals surface area contributed by atoms with Gasteiger partial charge in [0, 0.05) is 23.2 Å². The minimum atomic E-state index is 0.291. The van der Waals surface area contributed by atoms with E-state index in [-0.39, 0.29) is 0 Å². The van der Waals surface area contributed by atoms with E-state index >= 15 is 0 Å². The van der Waals surface area contributed by atoms with E-state index in [1.165, 1.54) is 5.75 Å². The van der Waals surface area contributed by atoms with Crippen molar-refractivity contribution in [3.63, 3.8) is 0 Å². The molecule has 2 unspecified atom stereocenters. The number of Topliss-reactive ketones (excluding diaryl/α,β-unsaturated/α-hetero) is 1. The fourth-order valence-corrected chi connectivity index (χ4v) is 4.52. The first-order chi connectivity index (χ1) is 5.79. The molecule has 1 aliphatic rings. The van der Waals surface area contributed by atoms with E-state index in [4.69, 9.17) is 0 Å². The van der Waals surface area contributed by atoms with Crippen LogP contribution in [0, 0.1) is 0 Å². The molecular weight excluding hydrogens is 188 g/mol. The van der Waals surface area contributed by atoms with E-state index in [0.29, 0.717) is 22.7 Å². The lowest BCUT2D eigenvalue weighted by Gasteiger charge is -2.28. The van der Waals surface area contributed by atoms with E-state index in [1.807, 2.05) is 30.4 Å². The molecule has 0 bridgehead atoms. The van der Waals surface area contributed by atoms with Crippen molar-refractivity contribution in [2.45, 2.75) is 37.2 Å². The van der Waals surface area contributed by atoms with Crippen molar-refractivity contribution in [2.75, 3.05) is 11.5 Å². The Kier molecular flexibility index (Phi) is 4.51. The van der Waals surface area contributed by atoms with Gasteiger partial charge in [0.1, 0.15) is 5.78 Å². The van der Waals surface area contributed by atoms with Crippen molar-refractivity contribution < 1.29 is 4.79 Å². The number of hydrogen-bond acceptors (Lipinski definition) is 3. The summed E-state index contributed by atoms with van der Waals surface area (Å²) < 4.78 is 0. The normalized spacial score (nSPS) is 30.2. The molecule has 1 heterocycles. The van der Waals surface area contributed by atoms with Crippen molar-refractivity contribution in [2.24, 2.45) is 0 Å². The second kappa shape index (κ2) is 5.18. The third kappa shape index (κ3) is 2.43. The summed E-state index contributed by atoms with van der Waals surface area (Å²) in [6.07, 6.45) is 1.84. The van der Waals surface area contributed by atoms with Crippen LogP contribution in [0.15, 0.2) is 0 Å². The highest BCUT2D eigenvalue weighted by atomic mass is 32.2. The number of rotatable bonds is 3. The second-order valence-corrected chi connectivity index (χ2v) is 5.53. The molecule has 0 aromatic carbocycles. The van der Waals surface area contributed by atoms with Gasteiger partial charge in [-0.3, -0.25) is 4.79 Å². The summed E-state index contributed by atoms with van der Waals surface area (Å²) in [5, 5.41) is 0.870. The molecule has 1 saturated heterocycles. The quantitative estimate of drug-likeness (QED) is 0.703. The van der Waals surface area contributed by atoms with Crippen LogP contribution in [0.4, 0.5) is 0 Å². The third-order valence-corrected chi connectivity index (χ3v) is 5.41. The summed E-state index contributed by atoms with van der Waals surface area (Å²) in [6.45, 7) is 4.15. The lowest BCUT2D eigenvalue weighted by molar-refractivity contribution is -0.118. The van der Waals surface area contributed by atoms with Crippen LogP contribution < -0.4 is 0 Å². The molecule has 0 radical (unpaired) electrons. The van der Waals surface area contributed by atoms with Crippen molar-refractivity contribution >= 4 is 29.3 Å². The predicted molar refractivity (Wildman–Crippen MR) is 58.1 cm³/mol. The number of thioether (sulfide) groups is 2. The van der Waals surface area contributed by atoms with E-state index in [0.717, 1.165) is 12.2 Å². The highest BCUT2D eigenvalue weighted by Gasteiger charge is 2.29. The van der Waals surface area contributed by atoms with Crippen LogP contribution in [-0.2, 0) is 4.79 Å². The Bertz CT molecular complexity index is 159. The monoisotopic (exact) mass is 204 g/mol. The lowest BCUT2D eigenvalue weighted by atomic mass is 10.1. The average molecular weight is 204 g/mol. The van der Waals surface area contributed by atoms with Crippen LogP contribution in [0.2, 0.25) is 0 Å². The molecule has 0 aromatic rings. The van der Waals surface area contributed by atoms with Crippen LogP contribution in [0.3, 0.4) is 0 Å². The minimum Gasteiger partial charge on any atom is -0.298 e. The molecule has 1 aliphatic heterocycles.